The van der Waals surface area contributed by atoms with Crippen molar-refractivity contribution in [2.75, 3.05) is 13.6 Å². The maximum Gasteiger partial charge on any atom is 0.250 e. The zero-order chi connectivity index (χ0) is 7.98. The first-order chi connectivity index (χ1) is 4.72. The lowest BCUT2D eigenvalue weighted by Crippen LogP contribution is -2.46. The van der Waals surface area contributed by atoms with Crippen molar-refractivity contribution in [2.45, 2.75) is 19.9 Å². The van der Waals surface area contributed by atoms with Crippen LogP contribution in [0.15, 0.2) is 0 Å². The van der Waals surface area contributed by atoms with Gasteiger partial charge in [-0.25, -0.2) is 5.43 Å². The summed E-state index contributed by atoms with van der Waals surface area (Å²) in [6.45, 7) is 4.46. The summed E-state index contributed by atoms with van der Waals surface area (Å²) in [5, 5.41) is 2.82. The lowest BCUT2D eigenvalue weighted by molar-refractivity contribution is -0.123. The van der Waals surface area contributed by atoms with E-state index in [1.165, 1.54) is 0 Å². The molecule has 0 saturated carbocycles. The molecular formula is C6H15N3O. The standard InChI is InChI=1S/C6H15N3O/c1-4-8-9-6(10)5(2)7-3/h5,7-8H,4H2,1-3H3,(H,9,10). The van der Waals surface area contributed by atoms with E-state index in [0.29, 0.717) is 0 Å². The number of amides is 1. The van der Waals surface area contributed by atoms with Gasteiger partial charge in [0.2, 0.25) is 0 Å². The third kappa shape index (κ3) is 3.42. The number of hydrazine groups is 1. The van der Waals surface area contributed by atoms with Gasteiger partial charge in [0, 0.05) is 6.54 Å². The van der Waals surface area contributed by atoms with Gasteiger partial charge in [0.1, 0.15) is 0 Å². The SMILES string of the molecule is CCNNC(=O)C(C)NC. The van der Waals surface area contributed by atoms with E-state index >= 15 is 0 Å². The molecule has 3 N–H and O–H groups in total. The number of hydrogen-bond acceptors (Lipinski definition) is 3. The molecule has 0 aromatic rings. The Bertz CT molecular complexity index is 105. The molecule has 0 aromatic heterocycles. The third-order valence-corrected chi connectivity index (χ3v) is 1.21. The van der Waals surface area contributed by atoms with Gasteiger partial charge in [-0.2, -0.15) is 0 Å². The van der Waals surface area contributed by atoms with Crippen LogP contribution in [-0.4, -0.2) is 25.5 Å². The molecule has 0 fully saturated rings. The van der Waals surface area contributed by atoms with Crippen molar-refractivity contribution in [1.82, 2.24) is 16.2 Å². The van der Waals surface area contributed by atoms with Gasteiger partial charge in [0.05, 0.1) is 6.04 Å². The van der Waals surface area contributed by atoms with E-state index in [9.17, 15) is 4.79 Å². The quantitative estimate of drug-likeness (QED) is 0.456. The van der Waals surface area contributed by atoms with Crippen LogP contribution in [0.4, 0.5) is 0 Å². The maximum absolute atomic E-state index is 10.9. The van der Waals surface area contributed by atoms with E-state index < -0.39 is 0 Å². The molecular weight excluding hydrogens is 130 g/mol. The van der Waals surface area contributed by atoms with Gasteiger partial charge >= 0.3 is 0 Å². The van der Waals surface area contributed by atoms with Crippen LogP contribution in [0.25, 0.3) is 0 Å². The molecule has 0 heterocycles. The minimum absolute atomic E-state index is 0.0376. The van der Waals surface area contributed by atoms with Crippen LogP contribution in [-0.2, 0) is 4.79 Å². The summed E-state index contributed by atoms with van der Waals surface area (Å²) in [7, 11) is 1.75. The lowest BCUT2D eigenvalue weighted by Gasteiger charge is -2.10. The van der Waals surface area contributed by atoms with E-state index in [4.69, 9.17) is 0 Å². The minimum Gasteiger partial charge on any atom is -0.309 e. The molecule has 4 heteroatoms. The number of hydrogen-bond donors (Lipinski definition) is 3. The molecule has 1 amide bonds. The topological polar surface area (TPSA) is 53.2 Å². The molecule has 1 unspecified atom stereocenters. The lowest BCUT2D eigenvalue weighted by atomic mass is 10.3. The Morgan fingerprint density at radius 2 is 2.20 bits per heavy atom. The van der Waals surface area contributed by atoms with Crippen molar-refractivity contribution in [3.8, 4) is 0 Å². The zero-order valence-corrected chi connectivity index (χ0v) is 6.69. The normalized spacial score (nSPS) is 12.7. The molecule has 1 atom stereocenters. The highest BCUT2D eigenvalue weighted by molar-refractivity contribution is 5.80. The third-order valence-electron chi connectivity index (χ3n) is 1.21. The fourth-order valence-corrected chi connectivity index (χ4v) is 0.415. The Hall–Kier alpha value is -0.610. The predicted octanol–water partition coefficient (Wildman–Crippen LogP) is -0.765. The van der Waals surface area contributed by atoms with Crippen LogP contribution in [0.5, 0.6) is 0 Å². The molecule has 0 aliphatic carbocycles. The number of carbonyl (C=O) groups excluding carboxylic acids is 1. The molecule has 0 rings (SSSR count). The molecule has 0 saturated heterocycles. The second kappa shape index (κ2) is 5.20. The average molecular weight is 145 g/mol. The molecule has 0 bridgehead atoms. The van der Waals surface area contributed by atoms with Crippen molar-refractivity contribution in [3.63, 3.8) is 0 Å². The number of carbonyl (C=O) groups is 1. The summed E-state index contributed by atoms with van der Waals surface area (Å²) < 4.78 is 0. The van der Waals surface area contributed by atoms with E-state index in [1.807, 2.05) is 6.92 Å². The van der Waals surface area contributed by atoms with Gasteiger partial charge < -0.3 is 5.32 Å². The van der Waals surface area contributed by atoms with Crippen LogP contribution in [0.3, 0.4) is 0 Å². The molecule has 4 nitrogen and oxygen atoms in total. The summed E-state index contributed by atoms with van der Waals surface area (Å²) in [6, 6.07) is -0.140. The Labute approximate surface area is 61.3 Å². The molecule has 10 heavy (non-hydrogen) atoms. The van der Waals surface area contributed by atoms with Crippen LogP contribution < -0.4 is 16.2 Å². The Balaban J connectivity index is 3.42. The van der Waals surface area contributed by atoms with Gasteiger partial charge in [-0.05, 0) is 14.0 Å². The molecule has 0 aliphatic heterocycles. The van der Waals surface area contributed by atoms with Crippen molar-refractivity contribution >= 4 is 5.91 Å². The number of rotatable bonds is 4. The smallest absolute Gasteiger partial charge is 0.250 e. The van der Waals surface area contributed by atoms with E-state index in [1.54, 1.807) is 14.0 Å². The first-order valence-corrected chi connectivity index (χ1v) is 3.42. The summed E-state index contributed by atoms with van der Waals surface area (Å²) >= 11 is 0. The Morgan fingerprint density at radius 1 is 1.60 bits per heavy atom. The summed E-state index contributed by atoms with van der Waals surface area (Å²) in [5.74, 6) is -0.0376. The summed E-state index contributed by atoms with van der Waals surface area (Å²) in [5.41, 5.74) is 5.26. The molecule has 0 aliphatic rings. The Kier molecular flexibility index (Phi) is 4.88. The van der Waals surface area contributed by atoms with Crippen LogP contribution in [0.2, 0.25) is 0 Å². The zero-order valence-electron chi connectivity index (χ0n) is 6.69. The molecule has 60 valence electrons. The van der Waals surface area contributed by atoms with Crippen molar-refractivity contribution in [2.24, 2.45) is 0 Å². The van der Waals surface area contributed by atoms with Crippen molar-refractivity contribution in [1.29, 1.82) is 0 Å². The van der Waals surface area contributed by atoms with Gasteiger partial charge in [-0.1, -0.05) is 6.92 Å². The fraction of sp³-hybridized carbons (Fsp3) is 0.833. The highest BCUT2D eigenvalue weighted by atomic mass is 16.2. The molecule has 0 radical (unpaired) electrons. The van der Waals surface area contributed by atoms with Crippen LogP contribution in [0, 0.1) is 0 Å². The summed E-state index contributed by atoms with van der Waals surface area (Å²) in [6.07, 6.45) is 0. The summed E-state index contributed by atoms with van der Waals surface area (Å²) in [4.78, 5) is 10.9. The van der Waals surface area contributed by atoms with E-state index in [0.717, 1.165) is 6.54 Å². The van der Waals surface area contributed by atoms with Crippen LogP contribution in [0.1, 0.15) is 13.8 Å². The highest BCUT2D eigenvalue weighted by Gasteiger charge is 2.07. The fourth-order valence-electron chi connectivity index (χ4n) is 0.415. The largest absolute Gasteiger partial charge is 0.309 e. The minimum atomic E-state index is -0.140. The molecule has 0 spiro atoms. The van der Waals surface area contributed by atoms with Gasteiger partial charge in [0.25, 0.3) is 5.91 Å². The van der Waals surface area contributed by atoms with Gasteiger partial charge in [-0.15, -0.1) is 0 Å². The Morgan fingerprint density at radius 3 is 2.60 bits per heavy atom. The highest BCUT2D eigenvalue weighted by Crippen LogP contribution is 1.75. The predicted molar refractivity (Wildman–Crippen MR) is 40.3 cm³/mol. The number of nitrogens with one attached hydrogen (secondary N) is 3. The second-order valence-corrected chi connectivity index (χ2v) is 2.03. The molecule has 0 aromatic carbocycles. The number of likely N-dealkylation sites (N-methyl/N-ethyl adjacent to an activating group) is 1. The van der Waals surface area contributed by atoms with Crippen molar-refractivity contribution in [3.05, 3.63) is 0 Å². The average Bonchev–Trinajstić information content (AvgIpc) is 1.98. The first-order valence-electron chi connectivity index (χ1n) is 3.42. The van der Waals surface area contributed by atoms with Crippen molar-refractivity contribution < 1.29 is 4.79 Å². The van der Waals surface area contributed by atoms with Gasteiger partial charge in [0.15, 0.2) is 0 Å². The van der Waals surface area contributed by atoms with Crippen LogP contribution >= 0.6 is 0 Å². The first kappa shape index (κ1) is 9.39. The van der Waals surface area contributed by atoms with E-state index in [2.05, 4.69) is 16.2 Å². The van der Waals surface area contributed by atoms with Gasteiger partial charge in [-0.3, -0.25) is 10.2 Å². The second-order valence-electron chi connectivity index (χ2n) is 2.03. The monoisotopic (exact) mass is 145 g/mol. The van der Waals surface area contributed by atoms with E-state index in [-0.39, 0.29) is 11.9 Å². The maximum atomic E-state index is 10.9.